The van der Waals surface area contributed by atoms with Gasteiger partial charge in [0.2, 0.25) is 11.8 Å². The second kappa shape index (κ2) is 7.92. The van der Waals surface area contributed by atoms with Crippen LogP contribution < -0.4 is 15.4 Å². The zero-order valence-corrected chi connectivity index (χ0v) is 13.1. The summed E-state index contributed by atoms with van der Waals surface area (Å²) in [5, 5.41) is 13.2. The maximum atomic E-state index is 11.8. The van der Waals surface area contributed by atoms with Gasteiger partial charge in [0.05, 0.1) is 13.3 Å². The van der Waals surface area contributed by atoms with E-state index in [1.165, 1.54) is 17.9 Å². The molecule has 0 fully saturated rings. The standard InChI is InChI=1S/C15H19N5O3/c1-11(21)18-14-9-17-20(19-14)10-15(22)16-8-7-12-3-5-13(23-2)6-4-12/h3-6,9H,7-8,10H2,1-2H3,(H,16,22)(H,18,19,21). The molecule has 0 bridgehead atoms. The molecule has 8 nitrogen and oxygen atoms in total. The van der Waals surface area contributed by atoms with E-state index in [1.54, 1.807) is 7.11 Å². The molecule has 2 amide bonds. The van der Waals surface area contributed by atoms with Crippen molar-refractivity contribution < 1.29 is 14.3 Å². The number of nitrogens with one attached hydrogen (secondary N) is 2. The smallest absolute Gasteiger partial charge is 0.243 e. The molecule has 1 heterocycles. The van der Waals surface area contributed by atoms with Gasteiger partial charge in [0, 0.05) is 13.5 Å². The molecular weight excluding hydrogens is 298 g/mol. The molecule has 0 radical (unpaired) electrons. The van der Waals surface area contributed by atoms with Gasteiger partial charge >= 0.3 is 0 Å². The van der Waals surface area contributed by atoms with Crippen LogP contribution in [0, 0.1) is 0 Å². The average molecular weight is 317 g/mol. The number of aromatic nitrogens is 3. The van der Waals surface area contributed by atoms with Crippen molar-refractivity contribution in [3.05, 3.63) is 36.0 Å². The highest BCUT2D eigenvalue weighted by atomic mass is 16.5. The lowest BCUT2D eigenvalue weighted by molar-refractivity contribution is -0.122. The lowest BCUT2D eigenvalue weighted by Crippen LogP contribution is -2.30. The van der Waals surface area contributed by atoms with Crippen LogP contribution in [0.25, 0.3) is 0 Å². The molecule has 0 unspecified atom stereocenters. The highest BCUT2D eigenvalue weighted by molar-refractivity contribution is 5.87. The number of hydrogen-bond donors (Lipinski definition) is 2. The first-order chi connectivity index (χ1) is 11.1. The summed E-state index contributed by atoms with van der Waals surface area (Å²) >= 11 is 0. The van der Waals surface area contributed by atoms with E-state index < -0.39 is 0 Å². The third-order valence-corrected chi connectivity index (χ3v) is 3.02. The first-order valence-electron chi connectivity index (χ1n) is 7.14. The molecule has 0 atom stereocenters. The molecule has 1 aromatic heterocycles. The van der Waals surface area contributed by atoms with Gasteiger partial charge < -0.3 is 15.4 Å². The number of anilines is 1. The molecule has 0 aliphatic carbocycles. The Morgan fingerprint density at radius 3 is 2.65 bits per heavy atom. The number of carbonyl (C=O) groups excluding carboxylic acids is 2. The summed E-state index contributed by atoms with van der Waals surface area (Å²) in [7, 11) is 1.62. The molecule has 8 heteroatoms. The summed E-state index contributed by atoms with van der Waals surface area (Å²) in [4.78, 5) is 23.9. The van der Waals surface area contributed by atoms with Crippen molar-refractivity contribution in [3.8, 4) is 5.75 Å². The molecule has 0 aliphatic rings. The second-order valence-electron chi connectivity index (χ2n) is 4.89. The van der Waals surface area contributed by atoms with Gasteiger partial charge in [-0.25, -0.2) is 0 Å². The van der Waals surface area contributed by atoms with Crippen LogP contribution in [0.5, 0.6) is 5.75 Å². The molecule has 2 aromatic rings. The van der Waals surface area contributed by atoms with E-state index in [-0.39, 0.29) is 18.4 Å². The third kappa shape index (κ3) is 5.42. The Morgan fingerprint density at radius 2 is 2.00 bits per heavy atom. The van der Waals surface area contributed by atoms with Crippen LogP contribution in [0.2, 0.25) is 0 Å². The minimum absolute atomic E-state index is 0.00218. The largest absolute Gasteiger partial charge is 0.497 e. The quantitative estimate of drug-likeness (QED) is 0.779. The molecule has 122 valence electrons. The first-order valence-corrected chi connectivity index (χ1v) is 7.14. The van der Waals surface area contributed by atoms with E-state index >= 15 is 0 Å². The van der Waals surface area contributed by atoms with Crippen molar-refractivity contribution >= 4 is 17.6 Å². The van der Waals surface area contributed by atoms with Gasteiger partial charge in [-0.3, -0.25) is 9.59 Å². The van der Waals surface area contributed by atoms with Crippen molar-refractivity contribution in [2.75, 3.05) is 19.0 Å². The minimum atomic E-state index is -0.235. The molecule has 0 saturated carbocycles. The maximum Gasteiger partial charge on any atom is 0.243 e. The summed E-state index contributed by atoms with van der Waals surface area (Å²) in [5.41, 5.74) is 1.11. The normalized spacial score (nSPS) is 10.2. The highest BCUT2D eigenvalue weighted by Crippen LogP contribution is 2.11. The van der Waals surface area contributed by atoms with Crippen LogP contribution in [0.1, 0.15) is 12.5 Å². The monoisotopic (exact) mass is 317 g/mol. The molecule has 2 rings (SSSR count). The van der Waals surface area contributed by atoms with Gasteiger partial charge in [0.25, 0.3) is 0 Å². The van der Waals surface area contributed by atoms with E-state index in [4.69, 9.17) is 4.74 Å². The fourth-order valence-corrected chi connectivity index (χ4v) is 1.93. The number of ether oxygens (including phenoxy) is 1. The lowest BCUT2D eigenvalue weighted by atomic mass is 10.1. The molecule has 0 saturated heterocycles. The van der Waals surface area contributed by atoms with E-state index in [0.29, 0.717) is 12.4 Å². The molecule has 1 aromatic carbocycles. The molecular formula is C15H19N5O3. The van der Waals surface area contributed by atoms with Crippen LogP contribution in [-0.4, -0.2) is 40.5 Å². The Bertz CT molecular complexity index is 666. The second-order valence-corrected chi connectivity index (χ2v) is 4.89. The van der Waals surface area contributed by atoms with Crippen LogP contribution in [0.3, 0.4) is 0 Å². The summed E-state index contributed by atoms with van der Waals surface area (Å²) in [6, 6.07) is 7.68. The Hall–Kier alpha value is -2.90. The number of nitrogens with zero attached hydrogens (tertiary/aromatic N) is 3. The zero-order valence-electron chi connectivity index (χ0n) is 13.1. The Kier molecular flexibility index (Phi) is 5.67. The molecule has 2 N–H and O–H groups in total. The Labute approximate surface area is 133 Å². The molecule has 23 heavy (non-hydrogen) atoms. The van der Waals surface area contributed by atoms with Crippen molar-refractivity contribution in [1.82, 2.24) is 20.3 Å². The van der Waals surface area contributed by atoms with Gasteiger partial charge in [0.1, 0.15) is 12.3 Å². The van der Waals surface area contributed by atoms with Crippen molar-refractivity contribution in [3.63, 3.8) is 0 Å². The minimum Gasteiger partial charge on any atom is -0.497 e. The summed E-state index contributed by atoms with van der Waals surface area (Å²) in [6.07, 6.45) is 2.12. The van der Waals surface area contributed by atoms with E-state index in [0.717, 1.165) is 17.7 Å². The number of methoxy groups -OCH3 is 1. The number of rotatable bonds is 7. The first kappa shape index (κ1) is 16.5. The van der Waals surface area contributed by atoms with Gasteiger partial charge in [-0.1, -0.05) is 12.1 Å². The van der Waals surface area contributed by atoms with Crippen LogP contribution in [-0.2, 0) is 22.6 Å². The van der Waals surface area contributed by atoms with E-state index in [9.17, 15) is 9.59 Å². The highest BCUT2D eigenvalue weighted by Gasteiger charge is 2.06. The topological polar surface area (TPSA) is 98.1 Å². The van der Waals surface area contributed by atoms with Crippen LogP contribution >= 0.6 is 0 Å². The molecule has 0 spiro atoms. The summed E-state index contributed by atoms with van der Waals surface area (Å²) < 4.78 is 5.09. The fraction of sp³-hybridized carbons (Fsp3) is 0.333. The predicted molar refractivity (Wildman–Crippen MR) is 84.0 cm³/mol. The Balaban J connectivity index is 1.74. The lowest BCUT2D eigenvalue weighted by Gasteiger charge is -2.06. The number of carbonyl (C=O) groups is 2. The fourth-order valence-electron chi connectivity index (χ4n) is 1.93. The van der Waals surface area contributed by atoms with E-state index in [2.05, 4.69) is 20.8 Å². The van der Waals surface area contributed by atoms with Gasteiger partial charge in [-0.15, -0.1) is 5.10 Å². The number of amides is 2. The van der Waals surface area contributed by atoms with Crippen LogP contribution in [0.4, 0.5) is 5.82 Å². The summed E-state index contributed by atoms with van der Waals surface area (Å²) in [5.74, 6) is 0.700. The summed E-state index contributed by atoms with van der Waals surface area (Å²) in [6.45, 7) is 1.90. The van der Waals surface area contributed by atoms with E-state index in [1.807, 2.05) is 24.3 Å². The Morgan fingerprint density at radius 1 is 1.26 bits per heavy atom. The SMILES string of the molecule is COc1ccc(CCNC(=O)Cn2ncc(NC(C)=O)n2)cc1. The van der Waals surface area contributed by atoms with Crippen LogP contribution in [0.15, 0.2) is 30.5 Å². The van der Waals surface area contributed by atoms with Crippen molar-refractivity contribution in [1.29, 1.82) is 0 Å². The van der Waals surface area contributed by atoms with Gasteiger partial charge in [-0.05, 0) is 24.1 Å². The third-order valence-electron chi connectivity index (χ3n) is 3.02. The zero-order chi connectivity index (χ0) is 16.7. The maximum absolute atomic E-state index is 11.8. The van der Waals surface area contributed by atoms with Gasteiger partial charge in [0.15, 0.2) is 5.82 Å². The van der Waals surface area contributed by atoms with Crippen molar-refractivity contribution in [2.45, 2.75) is 19.9 Å². The van der Waals surface area contributed by atoms with Crippen molar-refractivity contribution in [2.24, 2.45) is 0 Å². The predicted octanol–water partition coefficient (Wildman–Crippen LogP) is 0.604. The average Bonchev–Trinajstić information content (AvgIpc) is 2.94. The number of benzene rings is 1. The number of hydrogen-bond acceptors (Lipinski definition) is 5. The van der Waals surface area contributed by atoms with Gasteiger partial charge in [-0.2, -0.15) is 9.90 Å². The molecule has 0 aliphatic heterocycles.